The number of nitrogens with one attached hydrogen (secondary N) is 4. The van der Waals surface area contributed by atoms with Gasteiger partial charge in [0.15, 0.2) is 17.3 Å². The molecule has 4 aromatic carbocycles. The molecule has 0 aliphatic heterocycles. The Morgan fingerprint density at radius 2 is 0.717 bits per heavy atom. The number of benzene rings is 4. The Kier molecular flexibility index (Phi) is 41.0. The minimum absolute atomic E-state index is 0.107. The third-order valence-electron chi connectivity index (χ3n) is 24.2. The van der Waals surface area contributed by atoms with E-state index in [2.05, 4.69) is 95.8 Å². The van der Waals surface area contributed by atoms with Crippen molar-refractivity contribution in [3.8, 4) is 0 Å². The fraction of sp³-hybridized carbons (Fsp3) is 0.344. The number of halogens is 8. The number of aliphatic hydroxyl groups excluding tert-OH is 4. The van der Waals surface area contributed by atoms with E-state index in [0.717, 1.165) is 96.7 Å². The molecule has 0 radical (unpaired) electrons. The SMILES string of the molecule is CCO.CC[C@H]1C[C@@H](Nc2ncncc2C(=O)c2cc(C(=O)c3cccc(Cl)c3)c(Cl)s2)C[C@@H]1C.CC[C@H]1C[C@@H](Nc2ncncc2C(=O)c2cc(C(O)c3cccc(Cl)c3)c(Cl)s2)C[C@@H]1C.C[C@H]1C[C@H](Nc2ncncc2C(=O)c2cc(C(=O)c3cccc(Cl)c3)c(Cl)s2)C[C@@H]1CO.NS(=O)(=O)CC[C@H]1C[C@@H](Nc2ncncc2C(=O)c2cc(C(=O)c3cccc(Cl)c3)c(Cl)s2)C[C@@H]1O.[O]=[Mn]=[O]. The number of nitrogens with zero attached hydrogens (tertiary/aromatic N) is 8. The number of rotatable bonds is 30. The minimum atomic E-state index is -3.62. The first-order valence-electron chi connectivity index (χ1n) is 43.7. The molecule has 0 amide bonds. The van der Waals surface area contributed by atoms with E-state index < -0.39 is 42.8 Å². The van der Waals surface area contributed by atoms with E-state index in [0.29, 0.717) is 143 Å². The maximum absolute atomic E-state index is 13.3. The summed E-state index contributed by atoms with van der Waals surface area (Å²) in [5.41, 5.74) is 4.25. The fourth-order valence-corrected chi connectivity index (χ4v) is 23.5. The van der Waals surface area contributed by atoms with Crippen LogP contribution in [0, 0.1) is 41.4 Å². The molecule has 0 saturated heterocycles. The molecule has 4 saturated carbocycles. The van der Waals surface area contributed by atoms with Crippen LogP contribution in [0.1, 0.15) is 238 Å². The first kappa shape index (κ1) is 109. The van der Waals surface area contributed by atoms with Crippen LogP contribution in [0.3, 0.4) is 0 Å². The summed E-state index contributed by atoms with van der Waals surface area (Å²) < 4.78 is 40.4. The van der Waals surface area contributed by atoms with Gasteiger partial charge in [-0.05, 0) is 184 Å². The van der Waals surface area contributed by atoms with Gasteiger partial charge in [0.05, 0.1) is 74.6 Å². The number of carbonyl (C=O) groups excluding carboxylic acids is 7. The number of hydrogen-bond donors (Lipinski definition) is 9. The average molecular weight is 2170 g/mol. The number of aromatic nitrogens is 8. The second kappa shape index (κ2) is 51.7. The molecule has 8 heterocycles. The summed E-state index contributed by atoms with van der Waals surface area (Å²) in [5, 5.41) is 58.6. The Labute approximate surface area is 859 Å². The number of sulfonamides is 1. The van der Waals surface area contributed by atoms with E-state index in [9.17, 15) is 57.3 Å². The molecule has 10 N–H and O–H groups in total. The summed E-state index contributed by atoms with van der Waals surface area (Å²) in [6, 6.07) is 33.2. The van der Waals surface area contributed by atoms with Crippen LogP contribution < -0.4 is 26.4 Å². The monoisotopic (exact) mass is 2170 g/mol. The Balaban J connectivity index is 0.000000173. The zero-order chi connectivity index (χ0) is 99.9. The number of primary sulfonamides is 1. The van der Waals surface area contributed by atoms with Gasteiger partial charge in [0.2, 0.25) is 33.2 Å². The molecule has 8 aromatic heterocycles. The van der Waals surface area contributed by atoms with E-state index >= 15 is 0 Å². The van der Waals surface area contributed by atoms with Gasteiger partial charge in [-0.25, -0.2) is 53.4 Å². The number of ketones is 7. The van der Waals surface area contributed by atoms with Gasteiger partial charge in [-0.3, -0.25) is 33.6 Å². The number of carbonyl (C=O) groups is 7. The molecule has 0 spiro atoms. The molecule has 42 heteroatoms. The number of aliphatic hydroxyl groups is 4. The molecule has 4 aliphatic rings. The van der Waals surface area contributed by atoms with Gasteiger partial charge in [-0.15, -0.1) is 45.3 Å². The molecule has 1 unspecified atom stereocenters. The van der Waals surface area contributed by atoms with Gasteiger partial charge in [0, 0.05) is 105 Å². The first-order chi connectivity index (χ1) is 65.9. The van der Waals surface area contributed by atoms with Crippen molar-refractivity contribution in [2.24, 2.45) is 46.6 Å². The van der Waals surface area contributed by atoms with Crippen molar-refractivity contribution in [3.05, 3.63) is 295 Å². The second-order valence-corrected chi connectivity index (χ2v) is 43.8. The van der Waals surface area contributed by atoms with Crippen molar-refractivity contribution < 1.29 is 84.9 Å². The summed E-state index contributed by atoms with van der Waals surface area (Å²) in [7, 11) is -3.62. The molecular weight excluding hydrogens is 2070 g/mol. The van der Waals surface area contributed by atoms with Crippen LogP contribution in [-0.4, -0.2) is 158 Å². The van der Waals surface area contributed by atoms with E-state index in [4.69, 9.17) is 111 Å². The van der Waals surface area contributed by atoms with Crippen LogP contribution >= 0.6 is 138 Å². The topological polar surface area (TPSA) is 446 Å². The number of anilines is 4. The molecule has 28 nitrogen and oxygen atoms in total. The Hall–Kier alpha value is -8.92. The van der Waals surface area contributed by atoms with Crippen molar-refractivity contribution in [3.63, 3.8) is 0 Å². The van der Waals surface area contributed by atoms with Crippen molar-refractivity contribution in [2.45, 2.75) is 149 Å². The summed E-state index contributed by atoms with van der Waals surface area (Å²) in [4.78, 5) is 127. The van der Waals surface area contributed by atoms with Gasteiger partial charge in [-0.1, -0.05) is 189 Å². The van der Waals surface area contributed by atoms with Crippen LogP contribution in [-0.2, 0) is 32.5 Å². The predicted octanol–water partition coefficient (Wildman–Crippen LogP) is 21.4. The Morgan fingerprint density at radius 1 is 0.420 bits per heavy atom. The number of nitrogens with two attached hydrogens (primary N) is 1. The third-order valence-corrected chi connectivity index (χ3v) is 31.4. The van der Waals surface area contributed by atoms with Crippen LogP contribution in [0.4, 0.5) is 23.3 Å². The molecule has 729 valence electrons. The van der Waals surface area contributed by atoms with Crippen LogP contribution in [0.2, 0.25) is 37.4 Å². The van der Waals surface area contributed by atoms with E-state index in [-0.39, 0.29) is 142 Å². The molecule has 4 aliphatic carbocycles. The van der Waals surface area contributed by atoms with Gasteiger partial charge < -0.3 is 41.7 Å². The Morgan fingerprint density at radius 3 is 1.02 bits per heavy atom. The zero-order valence-corrected chi connectivity index (χ0v) is 86.3. The van der Waals surface area contributed by atoms with Crippen molar-refractivity contribution in [1.82, 2.24) is 39.9 Å². The first-order valence-corrected chi connectivity index (χ1v) is 52.7. The third kappa shape index (κ3) is 29.2. The zero-order valence-electron chi connectivity index (χ0n) is 74.9. The molecule has 13 atom stereocenters. The summed E-state index contributed by atoms with van der Waals surface area (Å²) in [6.45, 7) is 13.2. The van der Waals surface area contributed by atoms with E-state index in [1.165, 1.54) is 68.3 Å². The van der Waals surface area contributed by atoms with Gasteiger partial charge in [-0.2, -0.15) is 0 Å². The van der Waals surface area contributed by atoms with Crippen molar-refractivity contribution in [2.75, 3.05) is 40.2 Å². The summed E-state index contributed by atoms with van der Waals surface area (Å²) >= 11 is 52.3. The number of hydrogen-bond acceptors (Lipinski definition) is 31. The standard InChI is InChI=1S/C24H25Cl2N3O2S.C24H23Cl2N3O2S.C23H22Cl2N4O5S2.C23H21Cl2N3O3S.C2H6O.Mn.2O/c2*1-3-14-9-17(7-13(14)2)29-24-19(11-27-12-28-24)22(31)20-10-18(23(26)32-20)21(30)15-5-4-6-16(25)8-15;24-14-3-1-2-13(6-14)20(31)16-9-19(35-22(16)25)21(32)17-10-27-11-28-23(17)29-15-7-12(18(30)8-15)4-5-36(26,33)34;1-12-5-16(7-14(12)10-29)28-23-18(9-26-11-27-23)21(31)19-8-17(22(25)32-19)20(30)13-3-2-4-15(24)6-13;1-2-3;;;/h4-6,8,10-14,17,21,30H,3,7,9H2,1-2H3,(H,27,28,29);4-6,8,10-14,17H,3,7,9H2,1-2H3,(H,27,28,29);1-3,6,9-12,15,18,30H,4-5,7-8H2,(H2,26,33,34)(H,27,28,29);2-4,6,8-9,11-12,14,16,29H,5,7,10H2,1H3,(H,26,27,28);3H,2H2,1H3;;;/t13-,14-,17-,21?;13-,14-,17-;12-,15+,18-;12-,14+,16-;;;;/m0000..../s1. The van der Waals surface area contributed by atoms with Crippen LogP contribution in [0.25, 0.3) is 0 Å². The Bertz CT molecular complexity index is 6330. The van der Waals surface area contributed by atoms with Crippen LogP contribution in [0.15, 0.2) is 171 Å². The van der Waals surface area contributed by atoms with E-state index in [1.54, 1.807) is 110 Å². The van der Waals surface area contributed by atoms with E-state index in [1.807, 2.05) is 0 Å². The van der Waals surface area contributed by atoms with Crippen LogP contribution in [0.5, 0.6) is 0 Å². The molecule has 16 rings (SSSR count). The molecule has 0 bridgehead atoms. The second-order valence-electron chi connectivity index (χ2n) is 33.5. The molecular formula is C96H97Cl8MnN13O15S5. The van der Waals surface area contributed by atoms with Gasteiger partial charge >= 0.3 is 22.5 Å². The molecule has 12 aromatic rings. The average Bonchev–Trinajstić information content (AvgIpc) is 1.66. The quantitative estimate of drug-likeness (QED) is 0.0149. The molecule has 4 fully saturated rings. The normalized spacial score (nSPS) is 19.8. The summed E-state index contributed by atoms with van der Waals surface area (Å²) in [6.07, 6.45) is 19.0. The molecule has 138 heavy (non-hydrogen) atoms. The number of thiophene rings is 4. The summed E-state index contributed by atoms with van der Waals surface area (Å²) in [5.74, 6) is 2.40. The van der Waals surface area contributed by atoms with Crippen molar-refractivity contribution >= 4 is 212 Å². The van der Waals surface area contributed by atoms with Gasteiger partial charge in [0.1, 0.15) is 67.7 Å². The van der Waals surface area contributed by atoms with Crippen molar-refractivity contribution in [1.29, 1.82) is 0 Å². The maximum atomic E-state index is 13.3. The predicted molar refractivity (Wildman–Crippen MR) is 538 cm³/mol. The fourth-order valence-electron chi connectivity index (χ4n) is 17.1. The van der Waals surface area contributed by atoms with Gasteiger partial charge in [0.25, 0.3) is 0 Å².